The van der Waals surface area contributed by atoms with Crippen molar-refractivity contribution >= 4 is 0 Å². The highest BCUT2D eigenvalue weighted by Crippen LogP contribution is 2.71. The minimum atomic E-state index is 0.132. The fourth-order valence-corrected chi connectivity index (χ4v) is 3.57. The third-order valence-corrected chi connectivity index (χ3v) is 4.12. The Labute approximate surface area is 72.2 Å². The van der Waals surface area contributed by atoms with Crippen molar-refractivity contribution in [3.8, 4) is 0 Å². The fraction of sp³-hybridized carbons (Fsp3) is 0.800. The maximum atomic E-state index is 9.14. The Balaban J connectivity index is 1.95. The molecule has 0 saturated heterocycles. The van der Waals surface area contributed by atoms with Crippen LogP contribution < -0.4 is 0 Å². The van der Waals surface area contributed by atoms with Crippen LogP contribution in [0.15, 0.2) is 12.2 Å². The predicted octanol–water partition coefficient (Wildman–Crippen LogP) is 0.816. The molecule has 2 fully saturated rings. The molecule has 3 rings (SSSR count). The van der Waals surface area contributed by atoms with Crippen LogP contribution in [0.2, 0.25) is 0 Å². The quantitative estimate of drug-likeness (QED) is 0.615. The molecule has 0 radical (unpaired) electrons. The molecule has 12 heavy (non-hydrogen) atoms. The third-order valence-electron chi connectivity index (χ3n) is 4.12. The highest BCUT2D eigenvalue weighted by Gasteiger charge is 2.75. The van der Waals surface area contributed by atoms with E-state index in [0.717, 1.165) is 12.3 Å². The van der Waals surface area contributed by atoms with E-state index >= 15 is 0 Å². The lowest BCUT2D eigenvalue weighted by Crippen LogP contribution is -2.26. The first-order valence-electron chi connectivity index (χ1n) is 4.69. The van der Waals surface area contributed by atoms with Gasteiger partial charge in [-0.2, -0.15) is 0 Å². The monoisotopic (exact) mass is 166 g/mol. The number of aliphatic hydroxyl groups excluding tert-OH is 1. The molecule has 0 heterocycles. The van der Waals surface area contributed by atoms with Gasteiger partial charge in [-0.25, -0.2) is 0 Å². The predicted molar refractivity (Wildman–Crippen MR) is 44.5 cm³/mol. The zero-order valence-corrected chi connectivity index (χ0v) is 7.23. The van der Waals surface area contributed by atoms with Crippen molar-refractivity contribution in [1.29, 1.82) is 0 Å². The summed E-state index contributed by atoms with van der Waals surface area (Å²) < 4.78 is 5.62. The zero-order valence-electron chi connectivity index (χ0n) is 7.23. The summed E-state index contributed by atoms with van der Waals surface area (Å²) in [7, 11) is 1.81. The lowest BCUT2D eigenvalue weighted by molar-refractivity contribution is 0.0288. The number of hydrogen-bond donors (Lipinski definition) is 1. The van der Waals surface area contributed by atoms with E-state index in [1.165, 1.54) is 0 Å². The fourth-order valence-electron chi connectivity index (χ4n) is 3.57. The van der Waals surface area contributed by atoms with Crippen molar-refractivity contribution < 1.29 is 9.84 Å². The largest absolute Gasteiger partial charge is 0.396 e. The molecule has 3 aliphatic carbocycles. The van der Waals surface area contributed by atoms with E-state index in [2.05, 4.69) is 12.2 Å². The summed E-state index contributed by atoms with van der Waals surface area (Å²) in [6, 6.07) is 0. The molecule has 0 aromatic carbocycles. The summed E-state index contributed by atoms with van der Waals surface area (Å²) in [5.74, 6) is 2.36. The lowest BCUT2D eigenvalue weighted by Gasteiger charge is -2.21. The van der Waals surface area contributed by atoms with Gasteiger partial charge in [0.05, 0.1) is 5.60 Å². The minimum Gasteiger partial charge on any atom is -0.396 e. The van der Waals surface area contributed by atoms with Gasteiger partial charge < -0.3 is 9.84 Å². The lowest BCUT2D eigenvalue weighted by atomic mass is 9.92. The van der Waals surface area contributed by atoms with E-state index in [1.54, 1.807) is 0 Å². The van der Waals surface area contributed by atoms with Crippen LogP contribution in [-0.4, -0.2) is 24.4 Å². The second kappa shape index (κ2) is 1.94. The van der Waals surface area contributed by atoms with E-state index in [0.29, 0.717) is 24.4 Å². The van der Waals surface area contributed by atoms with Crippen molar-refractivity contribution in [3.63, 3.8) is 0 Å². The molecule has 5 unspecified atom stereocenters. The third kappa shape index (κ3) is 0.511. The van der Waals surface area contributed by atoms with Gasteiger partial charge in [-0.15, -0.1) is 0 Å². The molecule has 3 aliphatic rings. The molecule has 2 saturated carbocycles. The molecule has 2 nitrogen and oxygen atoms in total. The van der Waals surface area contributed by atoms with Gasteiger partial charge in [-0.1, -0.05) is 12.2 Å². The second-order valence-electron chi connectivity index (χ2n) is 4.28. The van der Waals surface area contributed by atoms with Crippen LogP contribution in [0.4, 0.5) is 0 Å². The molecule has 0 amide bonds. The second-order valence-corrected chi connectivity index (χ2v) is 4.28. The standard InChI is InChI=1S/C10H14O2/c1-12-10-7-2-3-8(10)9(10)4-6(7)5-11/h2-3,6-9,11H,4-5H2,1H3. The molecule has 2 heteroatoms. The molecule has 1 N–H and O–H groups in total. The maximum Gasteiger partial charge on any atom is 0.0845 e. The Bertz CT molecular complexity index is 248. The highest BCUT2D eigenvalue weighted by atomic mass is 16.5. The Kier molecular flexibility index (Phi) is 1.15. The summed E-state index contributed by atoms with van der Waals surface area (Å²) in [5.41, 5.74) is 0.132. The Hall–Kier alpha value is -0.340. The van der Waals surface area contributed by atoms with Gasteiger partial charge in [-0.05, 0) is 18.3 Å². The van der Waals surface area contributed by atoms with Crippen molar-refractivity contribution in [2.75, 3.05) is 13.7 Å². The van der Waals surface area contributed by atoms with Crippen LogP contribution in [0, 0.1) is 23.7 Å². The number of hydrogen-bond acceptors (Lipinski definition) is 2. The Morgan fingerprint density at radius 3 is 2.83 bits per heavy atom. The molecule has 0 spiro atoms. The van der Waals surface area contributed by atoms with Crippen LogP contribution in [0.25, 0.3) is 0 Å². The van der Waals surface area contributed by atoms with E-state index in [1.807, 2.05) is 7.11 Å². The number of methoxy groups -OCH3 is 1. The molecule has 0 bridgehead atoms. The molecular weight excluding hydrogens is 152 g/mol. The normalized spacial score (nSPS) is 59.2. The highest BCUT2D eigenvalue weighted by molar-refractivity contribution is 5.36. The van der Waals surface area contributed by atoms with E-state index in [-0.39, 0.29) is 5.60 Å². The van der Waals surface area contributed by atoms with Crippen LogP contribution in [0.1, 0.15) is 6.42 Å². The summed E-state index contributed by atoms with van der Waals surface area (Å²) in [5, 5.41) is 9.14. The first-order valence-corrected chi connectivity index (χ1v) is 4.69. The summed E-state index contributed by atoms with van der Waals surface area (Å²) in [4.78, 5) is 0. The van der Waals surface area contributed by atoms with Gasteiger partial charge in [0.2, 0.25) is 0 Å². The summed E-state index contributed by atoms with van der Waals surface area (Å²) in [6.45, 7) is 0.323. The zero-order chi connectivity index (χ0) is 8.34. The van der Waals surface area contributed by atoms with Gasteiger partial charge >= 0.3 is 0 Å². The minimum absolute atomic E-state index is 0.132. The Morgan fingerprint density at radius 2 is 2.25 bits per heavy atom. The van der Waals surface area contributed by atoms with Crippen LogP contribution in [0.3, 0.4) is 0 Å². The molecular formula is C10H14O2. The van der Waals surface area contributed by atoms with E-state index < -0.39 is 0 Å². The summed E-state index contributed by atoms with van der Waals surface area (Å²) >= 11 is 0. The van der Waals surface area contributed by atoms with Crippen molar-refractivity contribution in [2.24, 2.45) is 23.7 Å². The van der Waals surface area contributed by atoms with E-state index in [4.69, 9.17) is 9.84 Å². The Morgan fingerprint density at radius 1 is 1.50 bits per heavy atom. The molecule has 0 aromatic rings. The summed E-state index contributed by atoms with van der Waals surface area (Å²) in [6.07, 6.45) is 5.69. The van der Waals surface area contributed by atoms with Gasteiger partial charge in [0.25, 0.3) is 0 Å². The van der Waals surface area contributed by atoms with Crippen molar-refractivity contribution in [2.45, 2.75) is 12.0 Å². The smallest absolute Gasteiger partial charge is 0.0845 e. The van der Waals surface area contributed by atoms with Crippen LogP contribution in [-0.2, 0) is 4.74 Å². The van der Waals surface area contributed by atoms with Gasteiger partial charge in [-0.3, -0.25) is 0 Å². The van der Waals surface area contributed by atoms with Gasteiger partial charge in [0.1, 0.15) is 0 Å². The molecule has 5 atom stereocenters. The maximum absolute atomic E-state index is 9.14. The molecule has 0 aliphatic heterocycles. The average Bonchev–Trinajstić information content (AvgIpc) is 2.45. The molecule has 66 valence electrons. The first-order chi connectivity index (χ1) is 5.84. The SMILES string of the molecule is COC12C3C=CC1C2CC3CO. The van der Waals surface area contributed by atoms with Gasteiger partial charge in [0.15, 0.2) is 0 Å². The number of ether oxygens (including phenoxy) is 1. The van der Waals surface area contributed by atoms with Crippen molar-refractivity contribution in [1.82, 2.24) is 0 Å². The van der Waals surface area contributed by atoms with Gasteiger partial charge in [0, 0.05) is 25.6 Å². The van der Waals surface area contributed by atoms with Crippen LogP contribution >= 0.6 is 0 Å². The van der Waals surface area contributed by atoms with Crippen LogP contribution in [0.5, 0.6) is 0 Å². The molecule has 0 aromatic heterocycles. The number of rotatable bonds is 2. The van der Waals surface area contributed by atoms with Crippen molar-refractivity contribution in [3.05, 3.63) is 12.2 Å². The topological polar surface area (TPSA) is 29.5 Å². The van der Waals surface area contributed by atoms with E-state index in [9.17, 15) is 0 Å². The number of aliphatic hydroxyl groups is 1. The number of fused-ring (bicyclic) bond motifs is 1. The first kappa shape index (κ1) is 7.10. The average molecular weight is 166 g/mol.